The Morgan fingerprint density at radius 1 is 1.22 bits per heavy atom. The molecule has 3 N–H and O–H groups in total. The van der Waals surface area contributed by atoms with Crippen molar-refractivity contribution in [1.82, 2.24) is 20.2 Å². The summed E-state index contributed by atoms with van der Waals surface area (Å²) in [4.78, 5) is 38.2. The lowest BCUT2D eigenvalue weighted by atomic mass is 10.0. The normalized spacial score (nSPS) is 22.8. The number of nitrogens with zero attached hydrogens (tertiary/aromatic N) is 4. The van der Waals surface area contributed by atoms with Gasteiger partial charge in [-0.05, 0) is 43.9 Å². The second kappa shape index (κ2) is 8.23. The molecule has 1 aromatic carbocycles. The average Bonchev–Trinajstić information content (AvgIpc) is 3.40. The summed E-state index contributed by atoms with van der Waals surface area (Å²) in [6, 6.07) is 6.85. The highest BCUT2D eigenvalue weighted by molar-refractivity contribution is 6.03. The van der Waals surface area contributed by atoms with Crippen molar-refractivity contribution in [2.24, 2.45) is 0 Å². The Morgan fingerprint density at radius 3 is 2.91 bits per heavy atom. The number of benzene rings is 1. The number of aliphatic hydroxyl groups excluding tert-OH is 1. The highest BCUT2D eigenvalue weighted by Crippen LogP contribution is 2.34. The SMILES string of the molecule is C=C1CCC(N2Cc3c(Nc4ccnc(N5CCC[C@@H]5CO)n4)cccc3C2=O)C(=O)N1. The van der Waals surface area contributed by atoms with Gasteiger partial charge in [0.15, 0.2) is 0 Å². The number of piperidine rings is 1. The van der Waals surface area contributed by atoms with Crippen LogP contribution in [0.4, 0.5) is 17.5 Å². The van der Waals surface area contributed by atoms with E-state index in [1.165, 1.54) is 0 Å². The summed E-state index contributed by atoms with van der Waals surface area (Å²) in [6.45, 7) is 5.07. The van der Waals surface area contributed by atoms with E-state index >= 15 is 0 Å². The molecule has 166 valence electrons. The van der Waals surface area contributed by atoms with Crippen molar-refractivity contribution in [3.63, 3.8) is 0 Å². The third-order valence-corrected chi connectivity index (χ3v) is 6.44. The predicted molar refractivity (Wildman–Crippen MR) is 119 cm³/mol. The highest BCUT2D eigenvalue weighted by atomic mass is 16.3. The molecule has 1 unspecified atom stereocenters. The van der Waals surface area contributed by atoms with Crippen LogP contribution in [0.25, 0.3) is 0 Å². The molecule has 2 aromatic rings. The molecule has 5 rings (SSSR count). The van der Waals surface area contributed by atoms with Crippen LogP contribution in [0, 0.1) is 0 Å². The lowest BCUT2D eigenvalue weighted by Crippen LogP contribution is -2.49. The number of carbonyl (C=O) groups is 2. The second-order valence-corrected chi connectivity index (χ2v) is 8.45. The van der Waals surface area contributed by atoms with Gasteiger partial charge in [0.25, 0.3) is 5.91 Å². The van der Waals surface area contributed by atoms with E-state index < -0.39 is 6.04 Å². The molecule has 3 aliphatic heterocycles. The molecule has 0 saturated carbocycles. The van der Waals surface area contributed by atoms with E-state index in [1.54, 1.807) is 23.2 Å². The van der Waals surface area contributed by atoms with Gasteiger partial charge in [-0.1, -0.05) is 12.6 Å². The lowest BCUT2D eigenvalue weighted by Gasteiger charge is -2.31. The molecule has 2 amide bonds. The van der Waals surface area contributed by atoms with Crippen molar-refractivity contribution in [3.05, 3.63) is 53.9 Å². The van der Waals surface area contributed by atoms with E-state index in [2.05, 4.69) is 27.2 Å². The molecule has 0 spiro atoms. The van der Waals surface area contributed by atoms with Crippen molar-refractivity contribution in [3.8, 4) is 0 Å². The maximum atomic E-state index is 13.1. The van der Waals surface area contributed by atoms with Crippen LogP contribution < -0.4 is 15.5 Å². The van der Waals surface area contributed by atoms with Crippen LogP contribution >= 0.6 is 0 Å². The summed E-state index contributed by atoms with van der Waals surface area (Å²) in [5.41, 5.74) is 2.92. The van der Waals surface area contributed by atoms with Gasteiger partial charge in [0, 0.05) is 41.8 Å². The molecule has 2 saturated heterocycles. The quantitative estimate of drug-likeness (QED) is 0.659. The summed E-state index contributed by atoms with van der Waals surface area (Å²) < 4.78 is 0. The first-order valence-corrected chi connectivity index (χ1v) is 10.9. The Bertz CT molecular complexity index is 1090. The fourth-order valence-corrected chi connectivity index (χ4v) is 4.77. The van der Waals surface area contributed by atoms with Crippen molar-refractivity contribution in [2.45, 2.75) is 44.3 Å². The minimum absolute atomic E-state index is 0.0372. The second-order valence-electron chi connectivity index (χ2n) is 8.45. The van der Waals surface area contributed by atoms with Crippen LogP contribution in [0.5, 0.6) is 0 Å². The van der Waals surface area contributed by atoms with Gasteiger partial charge in [-0.2, -0.15) is 4.98 Å². The van der Waals surface area contributed by atoms with Gasteiger partial charge in [-0.25, -0.2) is 4.98 Å². The zero-order valence-electron chi connectivity index (χ0n) is 17.8. The summed E-state index contributed by atoms with van der Waals surface area (Å²) in [5.74, 6) is 0.879. The largest absolute Gasteiger partial charge is 0.394 e. The number of amides is 2. The maximum Gasteiger partial charge on any atom is 0.255 e. The summed E-state index contributed by atoms with van der Waals surface area (Å²) >= 11 is 0. The van der Waals surface area contributed by atoms with E-state index in [0.717, 1.165) is 30.6 Å². The molecular weight excluding hydrogens is 408 g/mol. The van der Waals surface area contributed by atoms with Gasteiger partial charge >= 0.3 is 0 Å². The number of hydrogen-bond acceptors (Lipinski definition) is 7. The van der Waals surface area contributed by atoms with E-state index in [-0.39, 0.29) is 24.5 Å². The van der Waals surface area contributed by atoms with Crippen LogP contribution in [0.15, 0.2) is 42.7 Å². The Hall–Kier alpha value is -3.46. The summed E-state index contributed by atoms with van der Waals surface area (Å²) in [5, 5.41) is 15.7. The molecule has 2 atom stereocenters. The van der Waals surface area contributed by atoms with Gasteiger partial charge in [0.2, 0.25) is 11.9 Å². The molecule has 4 heterocycles. The topological polar surface area (TPSA) is 111 Å². The molecule has 9 nitrogen and oxygen atoms in total. The standard InChI is InChI=1S/C23H26N6O3/c1-14-7-8-19(21(31)25-14)29-12-17-16(22(29)32)5-2-6-18(17)26-20-9-10-24-23(27-20)28-11-3-4-15(28)13-30/h2,5-6,9-10,15,19,30H,1,3-4,7-8,11-13H2,(H,25,31)(H,24,26,27)/t15-,19?/m1/s1. The van der Waals surface area contributed by atoms with Crippen LogP contribution in [0.2, 0.25) is 0 Å². The van der Waals surface area contributed by atoms with Crippen molar-refractivity contribution in [2.75, 3.05) is 23.4 Å². The molecular formula is C23H26N6O3. The molecule has 0 bridgehead atoms. The first-order chi connectivity index (χ1) is 15.5. The van der Waals surface area contributed by atoms with Crippen LogP contribution in [-0.4, -0.2) is 57.0 Å². The molecule has 1 aromatic heterocycles. The van der Waals surface area contributed by atoms with Crippen molar-refractivity contribution >= 4 is 29.3 Å². The van der Waals surface area contributed by atoms with Crippen LogP contribution in [-0.2, 0) is 11.3 Å². The van der Waals surface area contributed by atoms with Gasteiger partial charge in [-0.15, -0.1) is 0 Å². The number of nitrogens with one attached hydrogen (secondary N) is 2. The number of rotatable bonds is 5. The molecule has 32 heavy (non-hydrogen) atoms. The number of hydrogen-bond donors (Lipinski definition) is 3. The van der Waals surface area contributed by atoms with E-state index in [9.17, 15) is 14.7 Å². The Labute approximate surface area is 186 Å². The van der Waals surface area contributed by atoms with Gasteiger partial charge in [0.1, 0.15) is 11.9 Å². The number of anilines is 3. The van der Waals surface area contributed by atoms with Gasteiger partial charge < -0.3 is 25.5 Å². The number of allylic oxidation sites excluding steroid dienone is 1. The Morgan fingerprint density at radius 2 is 2.09 bits per heavy atom. The molecule has 3 aliphatic rings. The average molecular weight is 435 g/mol. The summed E-state index contributed by atoms with van der Waals surface area (Å²) in [6.07, 6.45) is 4.85. The van der Waals surface area contributed by atoms with Crippen LogP contribution in [0.1, 0.15) is 41.6 Å². The Balaban J connectivity index is 1.38. The van der Waals surface area contributed by atoms with E-state index in [0.29, 0.717) is 42.4 Å². The molecule has 0 radical (unpaired) electrons. The maximum absolute atomic E-state index is 13.1. The lowest BCUT2D eigenvalue weighted by molar-refractivity contribution is -0.126. The first-order valence-electron chi connectivity index (χ1n) is 10.9. The number of aromatic nitrogens is 2. The fraction of sp³-hybridized carbons (Fsp3) is 0.391. The zero-order chi connectivity index (χ0) is 22.2. The van der Waals surface area contributed by atoms with E-state index in [4.69, 9.17) is 0 Å². The molecule has 0 aliphatic carbocycles. The third-order valence-electron chi connectivity index (χ3n) is 6.44. The fourth-order valence-electron chi connectivity index (χ4n) is 4.77. The van der Waals surface area contributed by atoms with Crippen molar-refractivity contribution in [1.29, 1.82) is 0 Å². The van der Waals surface area contributed by atoms with Gasteiger partial charge in [-0.3, -0.25) is 9.59 Å². The predicted octanol–water partition coefficient (Wildman–Crippen LogP) is 1.93. The minimum atomic E-state index is -0.496. The molecule has 9 heteroatoms. The monoisotopic (exact) mass is 434 g/mol. The highest BCUT2D eigenvalue weighted by Gasteiger charge is 2.39. The smallest absolute Gasteiger partial charge is 0.255 e. The van der Waals surface area contributed by atoms with Crippen molar-refractivity contribution < 1.29 is 14.7 Å². The summed E-state index contributed by atoms with van der Waals surface area (Å²) in [7, 11) is 0. The number of carbonyl (C=O) groups excluding carboxylic acids is 2. The van der Waals surface area contributed by atoms with E-state index in [1.807, 2.05) is 17.0 Å². The van der Waals surface area contributed by atoms with Gasteiger partial charge in [0.05, 0.1) is 12.6 Å². The third kappa shape index (κ3) is 3.58. The zero-order valence-corrected chi connectivity index (χ0v) is 17.8. The number of aliphatic hydroxyl groups is 1. The van der Waals surface area contributed by atoms with Crippen LogP contribution in [0.3, 0.4) is 0 Å². The Kier molecular flexibility index (Phi) is 5.26. The number of fused-ring (bicyclic) bond motifs is 1. The molecule has 2 fully saturated rings. The minimum Gasteiger partial charge on any atom is -0.394 e. The first kappa shape index (κ1) is 20.4.